The molecule has 0 N–H and O–H groups in total. The van der Waals surface area contributed by atoms with E-state index in [1.165, 1.54) is 6.07 Å². The number of fused-ring (bicyclic) bond motifs is 1. The van der Waals surface area contributed by atoms with Gasteiger partial charge in [-0.2, -0.15) is 0 Å². The van der Waals surface area contributed by atoms with Gasteiger partial charge in [0.25, 0.3) is 0 Å². The van der Waals surface area contributed by atoms with E-state index >= 15 is 0 Å². The molecule has 128 valence electrons. The molecule has 1 nitrogen and oxygen atoms in total. The third-order valence-corrected chi connectivity index (χ3v) is 4.80. The molecule has 0 aliphatic heterocycles. The third kappa shape index (κ3) is 3.63. The summed E-state index contributed by atoms with van der Waals surface area (Å²) < 4.78 is 21.1. The molecule has 0 amide bonds. The van der Waals surface area contributed by atoms with Gasteiger partial charge in [-0.1, -0.05) is 70.5 Å². The Kier molecular flexibility index (Phi) is 4.72. The van der Waals surface area contributed by atoms with Gasteiger partial charge in [0.1, 0.15) is 6.61 Å². The SMILES string of the molecule is Fc1cc(-c2ccc3cc(Br)ccc3c2)ccc1OCc1ccccc1. The fourth-order valence-electron chi connectivity index (χ4n) is 2.93. The fraction of sp³-hybridized carbons (Fsp3) is 0.0435. The van der Waals surface area contributed by atoms with E-state index in [9.17, 15) is 4.39 Å². The van der Waals surface area contributed by atoms with Gasteiger partial charge in [0.2, 0.25) is 0 Å². The van der Waals surface area contributed by atoms with Crippen LogP contribution in [-0.4, -0.2) is 0 Å². The van der Waals surface area contributed by atoms with Crippen LogP contribution in [0.15, 0.2) is 89.4 Å². The van der Waals surface area contributed by atoms with Crippen LogP contribution in [0.5, 0.6) is 5.75 Å². The predicted octanol–water partition coefficient (Wildman–Crippen LogP) is 6.99. The number of benzene rings is 4. The summed E-state index contributed by atoms with van der Waals surface area (Å²) in [6.45, 7) is 0.349. The first-order valence-electron chi connectivity index (χ1n) is 8.35. The van der Waals surface area contributed by atoms with Crippen LogP contribution in [-0.2, 0) is 6.61 Å². The Bertz CT molecular complexity index is 1060. The molecule has 4 rings (SSSR count). The Balaban J connectivity index is 1.58. The topological polar surface area (TPSA) is 9.23 Å². The molecule has 0 atom stereocenters. The van der Waals surface area contributed by atoms with E-state index in [1.54, 1.807) is 6.07 Å². The molecule has 4 aromatic carbocycles. The minimum absolute atomic E-state index is 0.266. The number of rotatable bonds is 4. The van der Waals surface area contributed by atoms with Crippen molar-refractivity contribution in [3.63, 3.8) is 0 Å². The van der Waals surface area contributed by atoms with Crippen LogP contribution >= 0.6 is 15.9 Å². The van der Waals surface area contributed by atoms with Crippen LogP contribution in [0.1, 0.15) is 5.56 Å². The average Bonchev–Trinajstić information content (AvgIpc) is 2.67. The summed E-state index contributed by atoms with van der Waals surface area (Å²) in [6, 6.07) is 27.1. The van der Waals surface area contributed by atoms with Crippen LogP contribution in [0, 0.1) is 5.82 Å². The van der Waals surface area contributed by atoms with Crippen molar-refractivity contribution >= 4 is 26.7 Å². The Morgan fingerprint density at radius 1 is 0.731 bits per heavy atom. The molecule has 0 heterocycles. The molecule has 0 saturated heterocycles. The van der Waals surface area contributed by atoms with E-state index in [2.05, 4.69) is 34.1 Å². The summed E-state index contributed by atoms with van der Waals surface area (Å²) in [5.41, 5.74) is 2.82. The van der Waals surface area contributed by atoms with Crippen LogP contribution in [0.4, 0.5) is 4.39 Å². The first kappa shape index (κ1) is 16.8. The molecule has 3 heteroatoms. The highest BCUT2D eigenvalue weighted by Crippen LogP contribution is 2.29. The van der Waals surface area contributed by atoms with Gasteiger partial charge in [-0.05, 0) is 57.8 Å². The maximum atomic E-state index is 14.5. The normalized spacial score (nSPS) is 10.8. The monoisotopic (exact) mass is 406 g/mol. The molecule has 0 unspecified atom stereocenters. The maximum Gasteiger partial charge on any atom is 0.165 e. The van der Waals surface area contributed by atoms with Crippen molar-refractivity contribution in [2.45, 2.75) is 6.61 Å². The molecule has 26 heavy (non-hydrogen) atoms. The lowest BCUT2D eigenvalue weighted by molar-refractivity contribution is 0.290. The Morgan fingerprint density at radius 2 is 1.42 bits per heavy atom. The summed E-state index contributed by atoms with van der Waals surface area (Å²) >= 11 is 3.48. The van der Waals surface area contributed by atoms with Gasteiger partial charge in [0.05, 0.1) is 0 Å². The van der Waals surface area contributed by atoms with Gasteiger partial charge in [0.15, 0.2) is 11.6 Å². The highest BCUT2D eigenvalue weighted by atomic mass is 79.9. The standard InChI is InChI=1S/C23H16BrFO/c24-21-10-8-18-12-17(6-7-19(18)13-21)20-9-11-23(22(25)14-20)26-15-16-4-2-1-3-5-16/h1-14H,15H2. The van der Waals surface area contributed by atoms with Crippen molar-refractivity contribution in [3.8, 4) is 16.9 Å². The molecular formula is C23H16BrFO. The van der Waals surface area contributed by atoms with Gasteiger partial charge in [-0.15, -0.1) is 0 Å². The molecule has 0 fully saturated rings. The van der Waals surface area contributed by atoms with E-state index in [0.717, 1.165) is 31.9 Å². The van der Waals surface area contributed by atoms with Crippen molar-refractivity contribution in [2.24, 2.45) is 0 Å². The Morgan fingerprint density at radius 3 is 2.23 bits per heavy atom. The molecule has 0 saturated carbocycles. The van der Waals surface area contributed by atoms with Gasteiger partial charge in [-0.25, -0.2) is 4.39 Å². The maximum absolute atomic E-state index is 14.5. The van der Waals surface area contributed by atoms with Crippen LogP contribution in [0.25, 0.3) is 21.9 Å². The summed E-state index contributed by atoms with van der Waals surface area (Å²) in [6.07, 6.45) is 0. The molecular weight excluding hydrogens is 391 g/mol. The molecule has 0 bridgehead atoms. The van der Waals surface area contributed by atoms with Gasteiger partial charge in [-0.3, -0.25) is 0 Å². The van der Waals surface area contributed by atoms with Crippen LogP contribution < -0.4 is 4.74 Å². The quantitative estimate of drug-likeness (QED) is 0.354. The molecule has 0 aromatic heterocycles. The van der Waals surface area contributed by atoms with Crippen LogP contribution in [0.3, 0.4) is 0 Å². The van der Waals surface area contributed by atoms with Crippen LogP contribution in [0.2, 0.25) is 0 Å². The van der Waals surface area contributed by atoms with Crippen molar-refractivity contribution in [1.29, 1.82) is 0 Å². The summed E-state index contributed by atoms with van der Waals surface area (Å²) in [4.78, 5) is 0. The van der Waals surface area contributed by atoms with E-state index in [-0.39, 0.29) is 11.6 Å². The van der Waals surface area contributed by atoms with Gasteiger partial charge < -0.3 is 4.74 Å². The smallest absolute Gasteiger partial charge is 0.165 e. The second kappa shape index (κ2) is 7.30. The van der Waals surface area contributed by atoms with E-state index in [4.69, 9.17) is 4.74 Å². The van der Waals surface area contributed by atoms with Crippen molar-refractivity contribution in [3.05, 3.63) is 101 Å². The summed E-state index contributed by atoms with van der Waals surface area (Å²) in [5.74, 6) is -0.0864. The van der Waals surface area contributed by atoms with E-state index in [1.807, 2.05) is 54.6 Å². The first-order chi connectivity index (χ1) is 12.7. The number of hydrogen-bond acceptors (Lipinski definition) is 1. The van der Waals surface area contributed by atoms with Gasteiger partial charge >= 0.3 is 0 Å². The highest BCUT2D eigenvalue weighted by molar-refractivity contribution is 9.10. The molecule has 4 aromatic rings. The zero-order chi connectivity index (χ0) is 17.9. The molecule has 0 spiro atoms. The highest BCUT2D eigenvalue weighted by Gasteiger charge is 2.07. The lowest BCUT2D eigenvalue weighted by Crippen LogP contribution is -1.97. The molecule has 0 aliphatic carbocycles. The number of hydrogen-bond donors (Lipinski definition) is 0. The first-order valence-corrected chi connectivity index (χ1v) is 9.14. The van der Waals surface area contributed by atoms with Crippen molar-refractivity contribution < 1.29 is 9.13 Å². The fourth-order valence-corrected chi connectivity index (χ4v) is 3.31. The second-order valence-corrected chi connectivity index (χ2v) is 7.04. The van der Waals surface area contributed by atoms with Crippen molar-refractivity contribution in [1.82, 2.24) is 0 Å². The lowest BCUT2D eigenvalue weighted by atomic mass is 10.0. The van der Waals surface area contributed by atoms with E-state index in [0.29, 0.717) is 6.61 Å². The number of ether oxygens (including phenoxy) is 1. The molecule has 0 radical (unpaired) electrons. The summed E-state index contributed by atoms with van der Waals surface area (Å²) in [7, 11) is 0. The van der Waals surface area contributed by atoms with E-state index < -0.39 is 0 Å². The third-order valence-electron chi connectivity index (χ3n) is 4.30. The minimum Gasteiger partial charge on any atom is -0.486 e. The predicted molar refractivity (Wildman–Crippen MR) is 108 cm³/mol. The Labute approximate surface area is 160 Å². The largest absolute Gasteiger partial charge is 0.486 e. The Hall–Kier alpha value is -2.65. The lowest BCUT2D eigenvalue weighted by Gasteiger charge is -2.10. The number of halogens is 2. The minimum atomic E-state index is -0.352. The molecule has 0 aliphatic rings. The zero-order valence-electron chi connectivity index (χ0n) is 14.0. The second-order valence-electron chi connectivity index (χ2n) is 6.13. The van der Waals surface area contributed by atoms with Crippen molar-refractivity contribution in [2.75, 3.05) is 0 Å². The van der Waals surface area contributed by atoms with Gasteiger partial charge in [0, 0.05) is 4.47 Å². The zero-order valence-corrected chi connectivity index (χ0v) is 15.5. The average molecular weight is 407 g/mol. The summed E-state index contributed by atoms with van der Waals surface area (Å²) in [5, 5.41) is 2.27.